The Kier molecular flexibility index (Phi) is 3.60. The molecule has 2 saturated heterocycles. The fourth-order valence-electron chi connectivity index (χ4n) is 3.37. The lowest BCUT2D eigenvalue weighted by atomic mass is 9.94. The van der Waals surface area contributed by atoms with E-state index in [4.69, 9.17) is 11.6 Å². The van der Waals surface area contributed by atoms with Crippen molar-refractivity contribution in [2.75, 3.05) is 19.6 Å². The SMILES string of the molecule is CC(c1cccc(Cl)c1)N1CC2CCCNC2C1. The van der Waals surface area contributed by atoms with Crippen LogP contribution in [0.5, 0.6) is 0 Å². The van der Waals surface area contributed by atoms with Gasteiger partial charge in [0.2, 0.25) is 0 Å². The number of benzene rings is 1. The highest BCUT2D eigenvalue weighted by Gasteiger charge is 2.36. The number of likely N-dealkylation sites (tertiary alicyclic amines) is 1. The van der Waals surface area contributed by atoms with Gasteiger partial charge in [0.1, 0.15) is 0 Å². The number of piperidine rings is 1. The molecule has 1 N–H and O–H groups in total. The largest absolute Gasteiger partial charge is 0.312 e. The molecule has 3 atom stereocenters. The van der Waals surface area contributed by atoms with Crippen LogP contribution in [0.25, 0.3) is 0 Å². The van der Waals surface area contributed by atoms with E-state index in [9.17, 15) is 0 Å². The van der Waals surface area contributed by atoms with Crippen LogP contribution in [-0.2, 0) is 0 Å². The number of fused-ring (bicyclic) bond motifs is 1. The van der Waals surface area contributed by atoms with Crippen molar-refractivity contribution in [3.05, 3.63) is 34.9 Å². The molecule has 2 aliphatic rings. The summed E-state index contributed by atoms with van der Waals surface area (Å²) in [7, 11) is 0. The lowest BCUT2D eigenvalue weighted by Crippen LogP contribution is -2.40. The van der Waals surface area contributed by atoms with Crippen molar-refractivity contribution in [1.82, 2.24) is 10.2 Å². The monoisotopic (exact) mass is 264 g/mol. The molecule has 0 saturated carbocycles. The zero-order valence-corrected chi connectivity index (χ0v) is 11.7. The minimum Gasteiger partial charge on any atom is -0.312 e. The summed E-state index contributed by atoms with van der Waals surface area (Å²) in [6, 6.07) is 9.46. The summed E-state index contributed by atoms with van der Waals surface area (Å²) in [5.74, 6) is 0.848. The Bertz CT molecular complexity index is 407. The quantitative estimate of drug-likeness (QED) is 0.883. The van der Waals surface area contributed by atoms with Crippen LogP contribution in [0.1, 0.15) is 31.4 Å². The van der Waals surface area contributed by atoms with E-state index in [0.717, 1.165) is 10.9 Å². The molecule has 2 aliphatic heterocycles. The maximum Gasteiger partial charge on any atom is 0.0409 e. The molecule has 3 unspecified atom stereocenters. The normalized spacial score (nSPS) is 30.1. The Morgan fingerprint density at radius 1 is 1.39 bits per heavy atom. The van der Waals surface area contributed by atoms with E-state index in [-0.39, 0.29) is 0 Å². The molecule has 0 bridgehead atoms. The molecule has 2 heterocycles. The first-order valence-corrected chi connectivity index (χ1v) is 7.35. The molecule has 3 heteroatoms. The van der Waals surface area contributed by atoms with Gasteiger partial charge in [0.25, 0.3) is 0 Å². The second-order valence-corrected chi connectivity index (χ2v) is 6.08. The average molecular weight is 265 g/mol. The topological polar surface area (TPSA) is 15.3 Å². The Balaban J connectivity index is 1.72. The fourth-order valence-corrected chi connectivity index (χ4v) is 3.57. The van der Waals surface area contributed by atoms with Crippen molar-refractivity contribution in [3.63, 3.8) is 0 Å². The molecule has 3 rings (SSSR count). The maximum atomic E-state index is 6.09. The summed E-state index contributed by atoms with van der Waals surface area (Å²) >= 11 is 6.09. The Labute approximate surface area is 114 Å². The van der Waals surface area contributed by atoms with Crippen LogP contribution in [0.4, 0.5) is 0 Å². The van der Waals surface area contributed by atoms with E-state index in [0.29, 0.717) is 12.1 Å². The highest BCUT2D eigenvalue weighted by Crippen LogP contribution is 2.32. The predicted octanol–water partition coefficient (Wildman–Crippen LogP) is 3.08. The first-order valence-electron chi connectivity index (χ1n) is 6.97. The highest BCUT2D eigenvalue weighted by atomic mass is 35.5. The molecule has 1 aromatic rings. The lowest BCUT2D eigenvalue weighted by molar-refractivity contribution is 0.251. The Hall–Kier alpha value is -0.570. The summed E-state index contributed by atoms with van der Waals surface area (Å²) in [5, 5.41) is 4.50. The van der Waals surface area contributed by atoms with E-state index >= 15 is 0 Å². The first kappa shape index (κ1) is 12.5. The number of nitrogens with zero attached hydrogens (tertiary/aromatic N) is 1. The molecule has 0 aromatic heterocycles. The van der Waals surface area contributed by atoms with Crippen molar-refractivity contribution >= 4 is 11.6 Å². The summed E-state index contributed by atoms with van der Waals surface area (Å²) in [4.78, 5) is 2.60. The van der Waals surface area contributed by atoms with Crippen LogP contribution in [0.3, 0.4) is 0 Å². The maximum absolute atomic E-state index is 6.09. The van der Waals surface area contributed by atoms with Crippen LogP contribution >= 0.6 is 11.6 Å². The van der Waals surface area contributed by atoms with Crippen molar-refractivity contribution in [2.45, 2.75) is 31.8 Å². The van der Waals surface area contributed by atoms with Gasteiger partial charge in [-0.2, -0.15) is 0 Å². The molecule has 0 amide bonds. The Morgan fingerprint density at radius 2 is 2.28 bits per heavy atom. The third kappa shape index (κ3) is 2.42. The van der Waals surface area contributed by atoms with E-state index in [1.165, 1.54) is 38.0 Å². The second kappa shape index (κ2) is 5.20. The lowest BCUT2D eigenvalue weighted by Gasteiger charge is -2.25. The number of nitrogens with one attached hydrogen (secondary N) is 1. The smallest absolute Gasteiger partial charge is 0.0409 e. The second-order valence-electron chi connectivity index (χ2n) is 5.65. The van der Waals surface area contributed by atoms with Gasteiger partial charge in [-0.25, -0.2) is 0 Å². The van der Waals surface area contributed by atoms with Crippen molar-refractivity contribution in [3.8, 4) is 0 Å². The van der Waals surface area contributed by atoms with Gasteiger partial charge in [-0.3, -0.25) is 4.90 Å². The fraction of sp³-hybridized carbons (Fsp3) is 0.600. The molecule has 0 radical (unpaired) electrons. The number of rotatable bonds is 2. The summed E-state index contributed by atoms with van der Waals surface area (Å²) in [5.41, 5.74) is 1.33. The molecule has 0 spiro atoms. The van der Waals surface area contributed by atoms with E-state index in [1.807, 2.05) is 6.07 Å². The zero-order chi connectivity index (χ0) is 12.5. The average Bonchev–Trinajstić information content (AvgIpc) is 2.81. The van der Waals surface area contributed by atoms with E-state index < -0.39 is 0 Å². The van der Waals surface area contributed by atoms with Gasteiger partial charge in [-0.05, 0) is 49.9 Å². The van der Waals surface area contributed by atoms with Gasteiger partial charge in [-0.1, -0.05) is 23.7 Å². The molecule has 98 valence electrons. The van der Waals surface area contributed by atoms with Crippen molar-refractivity contribution in [2.24, 2.45) is 5.92 Å². The minimum atomic E-state index is 0.469. The molecule has 0 aliphatic carbocycles. The summed E-state index contributed by atoms with van der Waals surface area (Å²) in [6.07, 6.45) is 2.72. The van der Waals surface area contributed by atoms with E-state index in [2.05, 4.69) is 35.3 Å². The highest BCUT2D eigenvalue weighted by molar-refractivity contribution is 6.30. The van der Waals surface area contributed by atoms with Gasteiger partial charge >= 0.3 is 0 Å². The van der Waals surface area contributed by atoms with Crippen molar-refractivity contribution < 1.29 is 0 Å². The van der Waals surface area contributed by atoms with E-state index in [1.54, 1.807) is 0 Å². The van der Waals surface area contributed by atoms with Gasteiger partial charge in [-0.15, -0.1) is 0 Å². The zero-order valence-electron chi connectivity index (χ0n) is 10.9. The Morgan fingerprint density at radius 3 is 3.06 bits per heavy atom. The number of hydrogen-bond acceptors (Lipinski definition) is 2. The van der Waals surface area contributed by atoms with Gasteiger partial charge in [0.15, 0.2) is 0 Å². The molecule has 2 fully saturated rings. The standard InChI is InChI=1S/C15H21ClN2/c1-11(12-4-2-6-14(16)8-12)18-9-13-5-3-7-17-15(13)10-18/h2,4,6,8,11,13,15,17H,3,5,7,9-10H2,1H3. The van der Waals surface area contributed by atoms with Gasteiger partial charge < -0.3 is 5.32 Å². The molecule has 1 aromatic carbocycles. The number of halogens is 1. The molecule has 2 nitrogen and oxygen atoms in total. The molecule has 18 heavy (non-hydrogen) atoms. The van der Waals surface area contributed by atoms with Gasteiger partial charge in [0, 0.05) is 30.2 Å². The minimum absolute atomic E-state index is 0.469. The summed E-state index contributed by atoms with van der Waals surface area (Å²) in [6.45, 7) is 5.90. The number of hydrogen-bond donors (Lipinski definition) is 1. The predicted molar refractivity (Wildman–Crippen MR) is 76.0 cm³/mol. The molecular weight excluding hydrogens is 244 g/mol. The third-order valence-corrected chi connectivity index (χ3v) is 4.74. The third-order valence-electron chi connectivity index (χ3n) is 4.51. The van der Waals surface area contributed by atoms with Gasteiger partial charge in [0.05, 0.1) is 0 Å². The van der Waals surface area contributed by atoms with Crippen molar-refractivity contribution in [1.29, 1.82) is 0 Å². The van der Waals surface area contributed by atoms with Crippen LogP contribution < -0.4 is 5.32 Å². The first-order chi connectivity index (χ1) is 8.74. The van der Waals surface area contributed by atoms with Crippen LogP contribution in [0.15, 0.2) is 24.3 Å². The van der Waals surface area contributed by atoms with Crippen LogP contribution in [0, 0.1) is 5.92 Å². The summed E-state index contributed by atoms with van der Waals surface area (Å²) < 4.78 is 0. The molecular formula is C15H21ClN2. The van der Waals surface area contributed by atoms with Crippen LogP contribution in [0.2, 0.25) is 5.02 Å². The van der Waals surface area contributed by atoms with Crippen LogP contribution in [-0.4, -0.2) is 30.6 Å².